The average Bonchev–Trinajstić information content (AvgIpc) is 2.30. The minimum Gasteiger partial charge on any atom is -0.392 e. The van der Waals surface area contributed by atoms with Gasteiger partial charge in [0.15, 0.2) is 0 Å². The molecule has 0 aliphatic rings. The maximum absolute atomic E-state index is 8.79. The van der Waals surface area contributed by atoms with Crippen LogP contribution in [-0.2, 0) is 12.5 Å². The van der Waals surface area contributed by atoms with Crippen LogP contribution in [0.25, 0.3) is 0 Å². The van der Waals surface area contributed by atoms with E-state index in [0.29, 0.717) is 5.88 Å². The third kappa shape index (κ3) is 1.34. The molecular formula is C7H9ClOS. The van der Waals surface area contributed by atoms with E-state index in [1.165, 1.54) is 0 Å². The Morgan fingerprint density at radius 1 is 1.70 bits per heavy atom. The van der Waals surface area contributed by atoms with Gasteiger partial charge in [0.05, 0.1) is 12.5 Å². The van der Waals surface area contributed by atoms with Gasteiger partial charge in [0, 0.05) is 4.88 Å². The number of rotatable bonds is 2. The highest BCUT2D eigenvalue weighted by atomic mass is 35.5. The second-order valence-corrected chi connectivity index (χ2v) is 3.33. The third-order valence-electron chi connectivity index (χ3n) is 1.54. The van der Waals surface area contributed by atoms with E-state index in [-0.39, 0.29) is 6.61 Å². The molecule has 0 amide bonds. The quantitative estimate of drug-likeness (QED) is 0.686. The highest BCUT2D eigenvalue weighted by Gasteiger charge is 2.03. The summed E-state index contributed by atoms with van der Waals surface area (Å²) >= 11 is 7.24. The SMILES string of the molecule is Cc1c(CO)csc1CCl. The van der Waals surface area contributed by atoms with Crippen molar-refractivity contribution < 1.29 is 5.11 Å². The molecule has 0 radical (unpaired) electrons. The van der Waals surface area contributed by atoms with Gasteiger partial charge in [-0.1, -0.05) is 0 Å². The number of alkyl halides is 1. The van der Waals surface area contributed by atoms with Crippen molar-refractivity contribution in [2.75, 3.05) is 0 Å². The Hall–Kier alpha value is -0.0500. The lowest BCUT2D eigenvalue weighted by atomic mass is 10.2. The monoisotopic (exact) mass is 176 g/mol. The van der Waals surface area contributed by atoms with E-state index in [0.717, 1.165) is 16.0 Å². The number of thiophene rings is 1. The predicted molar refractivity (Wildman–Crippen MR) is 44.5 cm³/mol. The van der Waals surface area contributed by atoms with Crippen LogP contribution >= 0.6 is 22.9 Å². The van der Waals surface area contributed by atoms with E-state index in [2.05, 4.69) is 0 Å². The zero-order valence-electron chi connectivity index (χ0n) is 5.72. The number of hydrogen-bond acceptors (Lipinski definition) is 2. The maximum atomic E-state index is 8.79. The number of halogens is 1. The molecule has 0 aliphatic carbocycles. The van der Waals surface area contributed by atoms with Gasteiger partial charge in [-0.3, -0.25) is 0 Å². The van der Waals surface area contributed by atoms with Gasteiger partial charge >= 0.3 is 0 Å². The summed E-state index contributed by atoms with van der Waals surface area (Å²) < 4.78 is 0. The molecule has 0 aliphatic heterocycles. The van der Waals surface area contributed by atoms with Crippen LogP contribution in [0.15, 0.2) is 5.38 Å². The molecule has 0 saturated heterocycles. The summed E-state index contributed by atoms with van der Waals surface area (Å²) in [5.74, 6) is 0.552. The Kier molecular flexibility index (Phi) is 2.72. The number of aliphatic hydroxyl groups excluding tert-OH is 1. The number of aliphatic hydroxyl groups is 1. The highest BCUT2D eigenvalue weighted by Crippen LogP contribution is 2.22. The Labute approximate surface area is 69.3 Å². The first-order valence-corrected chi connectivity index (χ1v) is 4.43. The van der Waals surface area contributed by atoms with Gasteiger partial charge in [0.25, 0.3) is 0 Å². The van der Waals surface area contributed by atoms with E-state index in [4.69, 9.17) is 16.7 Å². The van der Waals surface area contributed by atoms with Gasteiger partial charge in [-0.2, -0.15) is 0 Å². The summed E-state index contributed by atoms with van der Waals surface area (Å²) in [6, 6.07) is 0. The summed E-state index contributed by atoms with van der Waals surface area (Å²) in [5, 5.41) is 10.7. The van der Waals surface area contributed by atoms with Crippen LogP contribution in [0.3, 0.4) is 0 Å². The smallest absolute Gasteiger partial charge is 0.0692 e. The maximum Gasteiger partial charge on any atom is 0.0692 e. The minimum atomic E-state index is 0.124. The van der Waals surface area contributed by atoms with Crippen molar-refractivity contribution in [2.45, 2.75) is 19.4 Å². The van der Waals surface area contributed by atoms with Crippen LogP contribution in [-0.4, -0.2) is 5.11 Å². The summed E-state index contributed by atoms with van der Waals surface area (Å²) in [4.78, 5) is 1.16. The van der Waals surface area contributed by atoms with Gasteiger partial charge in [-0.25, -0.2) is 0 Å². The van der Waals surface area contributed by atoms with E-state index < -0.39 is 0 Å². The van der Waals surface area contributed by atoms with Crippen molar-refractivity contribution in [3.63, 3.8) is 0 Å². The molecule has 0 atom stereocenters. The van der Waals surface area contributed by atoms with E-state index >= 15 is 0 Å². The van der Waals surface area contributed by atoms with E-state index in [9.17, 15) is 0 Å². The van der Waals surface area contributed by atoms with Crippen molar-refractivity contribution in [2.24, 2.45) is 0 Å². The van der Waals surface area contributed by atoms with E-state index in [1.807, 2.05) is 12.3 Å². The first-order chi connectivity index (χ1) is 4.79. The van der Waals surface area contributed by atoms with Crippen LogP contribution in [0.5, 0.6) is 0 Å². The first kappa shape index (κ1) is 8.05. The summed E-state index contributed by atoms with van der Waals surface area (Å²) in [5.41, 5.74) is 2.14. The van der Waals surface area contributed by atoms with Gasteiger partial charge in [-0.15, -0.1) is 22.9 Å². The fraction of sp³-hybridized carbons (Fsp3) is 0.429. The summed E-state index contributed by atoms with van der Waals surface area (Å²) in [6.07, 6.45) is 0. The van der Waals surface area contributed by atoms with Crippen molar-refractivity contribution in [3.05, 3.63) is 21.4 Å². The van der Waals surface area contributed by atoms with Crippen molar-refractivity contribution in [3.8, 4) is 0 Å². The molecule has 56 valence electrons. The molecule has 0 bridgehead atoms. The lowest BCUT2D eigenvalue weighted by Crippen LogP contribution is -1.83. The van der Waals surface area contributed by atoms with Crippen molar-refractivity contribution in [1.82, 2.24) is 0 Å². The molecular weight excluding hydrogens is 168 g/mol. The Bertz CT molecular complexity index is 198. The third-order valence-corrected chi connectivity index (χ3v) is 3.10. The molecule has 0 aromatic carbocycles. The van der Waals surface area contributed by atoms with Gasteiger partial charge in [0.2, 0.25) is 0 Å². The Morgan fingerprint density at radius 2 is 2.40 bits per heavy atom. The second-order valence-electron chi connectivity index (χ2n) is 2.10. The van der Waals surface area contributed by atoms with Crippen LogP contribution in [0.4, 0.5) is 0 Å². The topological polar surface area (TPSA) is 20.2 Å². The molecule has 0 fully saturated rings. The molecule has 1 aromatic heterocycles. The van der Waals surface area contributed by atoms with Crippen molar-refractivity contribution in [1.29, 1.82) is 0 Å². The fourth-order valence-electron chi connectivity index (χ4n) is 0.786. The van der Waals surface area contributed by atoms with Crippen molar-refractivity contribution >= 4 is 22.9 Å². The molecule has 1 nitrogen and oxygen atoms in total. The molecule has 1 N–H and O–H groups in total. The normalized spacial score (nSPS) is 10.3. The lowest BCUT2D eigenvalue weighted by Gasteiger charge is -1.93. The van der Waals surface area contributed by atoms with Crippen LogP contribution < -0.4 is 0 Å². The molecule has 1 rings (SSSR count). The average molecular weight is 177 g/mol. The van der Waals surface area contributed by atoms with Crippen LogP contribution in [0.2, 0.25) is 0 Å². The van der Waals surface area contributed by atoms with Gasteiger partial charge in [0.1, 0.15) is 0 Å². The number of hydrogen-bond donors (Lipinski definition) is 1. The lowest BCUT2D eigenvalue weighted by molar-refractivity contribution is 0.281. The molecule has 3 heteroatoms. The molecule has 1 aromatic rings. The molecule has 10 heavy (non-hydrogen) atoms. The highest BCUT2D eigenvalue weighted by molar-refractivity contribution is 7.10. The zero-order chi connectivity index (χ0) is 7.56. The fourth-order valence-corrected chi connectivity index (χ4v) is 2.08. The first-order valence-electron chi connectivity index (χ1n) is 3.02. The van der Waals surface area contributed by atoms with Crippen LogP contribution in [0, 0.1) is 6.92 Å². The van der Waals surface area contributed by atoms with Gasteiger partial charge < -0.3 is 5.11 Å². The van der Waals surface area contributed by atoms with Crippen LogP contribution in [0.1, 0.15) is 16.0 Å². The van der Waals surface area contributed by atoms with E-state index in [1.54, 1.807) is 11.3 Å². The standard InChI is InChI=1S/C7H9ClOS/c1-5-6(3-9)4-10-7(5)2-8/h4,9H,2-3H2,1H3. The predicted octanol–water partition coefficient (Wildman–Crippen LogP) is 2.29. The molecule has 0 spiro atoms. The Morgan fingerprint density at radius 3 is 2.70 bits per heavy atom. The van der Waals surface area contributed by atoms with Gasteiger partial charge in [-0.05, 0) is 23.4 Å². The zero-order valence-corrected chi connectivity index (χ0v) is 7.30. The Balaban J connectivity index is 2.97. The summed E-state index contributed by atoms with van der Waals surface area (Å²) in [7, 11) is 0. The minimum absolute atomic E-state index is 0.124. The largest absolute Gasteiger partial charge is 0.392 e. The molecule has 1 heterocycles. The molecule has 0 saturated carbocycles. The molecule has 0 unspecified atom stereocenters. The second kappa shape index (κ2) is 3.37. The summed E-state index contributed by atoms with van der Waals surface area (Å²) in [6.45, 7) is 2.11.